The second-order valence-electron chi connectivity index (χ2n) is 4.63. The summed E-state index contributed by atoms with van der Waals surface area (Å²) in [5.74, 6) is 0. The quantitative estimate of drug-likeness (QED) is 0.573. The lowest BCUT2D eigenvalue weighted by molar-refractivity contribution is 0.0701. The fraction of sp³-hybridized carbons (Fsp3) is 1.00. The molecule has 0 radical (unpaired) electrons. The van der Waals surface area contributed by atoms with Crippen molar-refractivity contribution >= 4 is 8.80 Å². The predicted octanol–water partition coefficient (Wildman–Crippen LogP) is 2.52. The second kappa shape index (κ2) is 9.04. The summed E-state index contributed by atoms with van der Waals surface area (Å²) in [5, 5.41) is 0. The summed E-state index contributed by atoms with van der Waals surface area (Å²) < 4.78 is 17.6. The third-order valence-electron chi connectivity index (χ3n) is 3.25. The van der Waals surface area contributed by atoms with Crippen LogP contribution in [0.1, 0.15) is 40.0 Å². The molecule has 0 aromatic carbocycles. The Balaban J connectivity index is 2.37. The molecule has 0 spiro atoms. The summed E-state index contributed by atoms with van der Waals surface area (Å²) in [6.45, 7) is 11.7. The first-order chi connectivity index (χ1) is 8.76. The van der Waals surface area contributed by atoms with E-state index in [1.165, 1.54) is 25.9 Å². The molecule has 0 saturated carbocycles. The Morgan fingerprint density at radius 2 is 1.39 bits per heavy atom. The first-order valence-electron chi connectivity index (χ1n) is 7.40. The molecule has 1 aliphatic heterocycles. The van der Waals surface area contributed by atoms with E-state index in [-0.39, 0.29) is 0 Å². The summed E-state index contributed by atoms with van der Waals surface area (Å²) in [6, 6.07) is 0.943. The van der Waals surface area contributed by atoms with Crippen LogP contribution >= 0.6 is 0 Å². The number of rotatable bonds is 10. The van der Waals surface area contributed by atoms with Crippen molar-refractivity contribution in [1.29, 1.82) is 0 Å². The zero-order chi connectivity index (χ0) is 13.3. The molecule has 0 aliphatic carbocycles. The Labute approximate surface area is 113 Å². The average molecular weight is 275 g/mol. The Kier molecular flexibility index (Phi) is 8.09. The van der Waals surface area contributed by atoms with Gasteiger partial charge in [-0.2, -0.15) is 0 Å². The third kappa shape index (κ3) is 5.36. The fourth-order valence-corrected chi connectivity index (χ4v) is 5.12. The molecule has 1 heterocycles. The van der Waals surface area contributed by atoms with Crippen LogP contribution in [0.4, 0.5) is 0 Å². The summed E-state index contributed by atoms with van der Waals surface area (Å²) in [4.78, 5) is 2.53. The van der Waals surface area contributed by atoms with Gasteiger partial charge in [0.05, 0.1) is 0 Å². The van der Waals surface area contributed by atoms with Gasteiger partial charge in [0.1, 0.15) is 0 Å². The van der Waals surface area contributed by atoms with E-state index >= 15 is 0 Å². The van der Waals surface area contributed by atoms with Crippen molar-refractivity contribution in [3.63, 3.8) is 0 Å². The van der Waals surface area contributed by atoms with Crippen LogP contribution in [-0.2, 0) is 13.3 Å². The maximum atomic E-state index is 5.85. The van der Waals surface area contributed by atoms with Gasteiger partial charge >= 0.3 is 8.80 Å². The first-order valence-corrected chi connectivity index (χ1v) is 9.33. The zero-order valence-electron chi connectivity index (χ0n) is 12.2. The lowest BCUT2D eigenvalue weighted by atomic mass is 10.4. The third-order valence-corrected chi connectivity index (χ3v) is 6.40. The largest absolute Gasteiger partial charge is 0.500 e. The lowest BCUT2D eigenvalue weighted by Gasteiger charge is -2.29. The SMILES string of the molecule is CCO[Si](CCCN1CCCC1)(OCC)OCC. The van der Waals surface area contributed by atoms with Gasteiger partial charge in [-0.15, -0.1) is 0 Å². The maximum absolute atomic E-state index is 5.85. The van der Waals surface area contributed by atoms with Crippen LogP contribution in [-0.4, -0.2) is 53.2 Å². The van der Waals surface area contributed by atoms with Crippen LogP contribution in [0.15, 0.2) is 0 Å². The first kappa shape index (κ1) is 16.1. The van der Waals surface area contributed by atoms with Gasteiger partial charge in [-0.05, 0) is 59.7 Å². The highest BCUT2D eigenvalue weighted by Crippen LogP contribution is 2.19. The normalized spacial score (nSPS) is 17.5. The van der Waals surface area contributed by atoms with E-state index in [4.69, 9.17) is 13.3 Å². The fourth-order valence-electron chi connectivity index (χ4n) is 2.53. The van der Waals surface area contributed by atoms with Crippen molar-refractivity contribution in [3.8, 4) is 0 Å². The standard InChI is InChI=1S/C13H29NO3Si/c1-4-15-18(16-5-2,17-6-3)13-9-12-14-10-7-8-11-14/h4-13H2,1-3H3. The van der Waals surface area contributed by atoms with Crippen LogP contribution in [0, 0.1) is 0 Å². The van der Waals surface area contributed by atoms with Crippen molar-refractivity contribution in [2.75, 3.05) is 39.5 Å². The van der Waals surface area contributed by atoms with Gasteiger partial charge in [0.25, 0.3) is 0 Å². The molecular formula is C13H29NO3Si. The van der Waals surface area contributed by atoms with Crippen LogP contribution in [0.2, 0.25) is 6.04 Å². The van der Waals surface area contributed by atoms with E-state index in [9.17, 15) is 0 Å². The highest BCUT2D eigenvalue weighted by atomic mass is 28.4. The van der Waals surface area contributed by atoms with E-state index in [1.54, 1.807) is 0 Å². The molecule has 1 rings (SSSR count). The molecule has 0 atom stereocenters. The average Bonchev–Trinajstić information content (AvgIpc) is 2.83. The summed E-state index contributed by atoms with van der Waals surface area (Å²) in [6.07, 6.45) is 3.82. The highest BCUT2D eigenvalue weighted by molar-refractivity contribution is 6.60. The van der Waals surface area contributed by atoms with Crippen LogP contribution in [0.3, 0.4) is 0 Å². The molecule has 0 aromatic rings. The van der Waals surface area contributed by atoms with E-state index in [0.717, 1.165) is 19.0 Å². The molecule has 1 fully saturated rings. The van der Waals surface area contributed by atoms with Gasteiger partial charge in [-0.3, -0.25) is 0 Å². The van der Waals surface area contributed by atoms with Crippen molar-refractivity contribution in [3.05, 3.63) is 0 Å². The lowest BCUT2D eigenvalue weighted by Crippen LogP contribution is -2.46. The predicted molar refractivity (Wildman–Crippen MR) is 75.7 cm³/mol. The van der Waals surface area contributed by atoms with Crippen molar-refractivity contribution in [2.24, 2.45) is 0 Å². The number of nitrogens with zero attached hydrogens (tertiary/aromatic N) is 1. The zero-order valence-corrected chi connectivity index (χ0v) is 13.2. The van der Waals surface area contributed by atoms with Gasteiger partial charge in [0.2, 0.25) is 0 Å². The molecule has 0 unspecified atom stereocenters. The molecule has 4 nitrogen and oxygen atoms in total. The monoisotopic (exact) mass is 275 g/mol. The number of hydrogen-bond acceptors (Lipinski definition) is 4. The van der Waals surface area contributed by atoms with Gasteiger partial charge in [0, 0.05) is 25.9 Å². The molecule has 1 aliphatic rings. The molecule has 0 N–H and O–H groups in total. The van der Waals surface area contributed by atoms with Gasteiger partial charge < -0.3 is 18.2 Å². The van der Waals surface area contributed by atoms with Crippen molar-refractivity contribution < 1.29 is 13.3 Å². The Morgan fingerprint density at radius 3 is 1.83 bits per heavy atom. The minimum absolute atomic E-state index is 0.677. The van der Waals surface area contributed by atoms with Crippen molar-refractivity contribution in [1.82, 2.24) is 4.90 Å². The van der Waals surface area contributed by atoms with Crippen LogP contribution in [0.5, 0.6) is 0 Å². The minimum atomic E-state index is -2.39. The minimum Gasteiger partial charge on any atom is -0.374 e. The van der Waals surface area contributed by atoms with Gasteiger partial charge in [0.15, 0.2) is 0 Å². The molecule has 1 saturated heterocycles. The topological polar surface area (TPSA) is 30.9 Å². The van der Waals surface area contributed by atoms with E-state index < -0.39 is 8.80 Å². The second-order valence-corrected chi connectivity index (χ2v) is 7.37. The molecule has 0 amide bonds. The Hall–Kier alpha value is 0.0569. The summed E-state index contributed by atoms with van der Waals surface area (Å²) in [7, 11) is -2.39. The maximum Gasteiger partial charge on any atom is 0.500 e. The smallest absolute Gasteiger partial charge is 0.374 e. The van der Waals surface area contributed by atoms with E-state index in [2.05, 4.69) is 4.90 Å². The van der Waals surface area contributed by atoms with Gasteiger partial charge in [-0.1, -0.05) is 0 Å². The summed E-state index contributed by atoms with van der Waals surface area (Å²) in [5.41, 5.74) is 0. The molecule has 18 heavy (non-hydrogen) atoms. The molecule has 5 heteroatoms. The molecular weight excluding hydrogens is 246 g/mol. The molecule has 0 aromatic heterocycles. The summed E-state index contributed by atoms with van der Waals surface area (Å²) >= 11 is 0. The van der Waals surface area contributed by atoms with E-state index in [0.29, 0.717) is 19.8 Å². The number of likely N-dealkylation sites (tertiary alicyclic amines) is 1. The van der Waals surface area contributed by atoms with Crippen LogP contribution in [0.25, 0.3) is 0 Å². The van der Waals surface area contributed by atoms with E-state index in [1.807, 2.05) is 20.8 Å². The molecule has 0 bridgehead atoms. The van der Waals surface area contributed by atoms with Gasteiger partial charge in [-0.25, -0.2) is 0 Å². The Morgan fingerprint density at radius 1 is 0.889 bits per heavy atom. The van der Waals surface area contributed by atoms with Crippen LogP contribution < -0.4 is 0 Å². The Bertz CT molecular complexity index is 193. The highest BCUT2D eigenvalue weighted by Gasteiger charge is 2.39. The number of hydrogen-bond donors (Lipinski definition) is 0. The van der Waals surface area contributed by atoms with Crippen molar-refractivity contribution in [2.45, 2.75) is 46.1 Å². The molecule has 108 valence electrons.